The summed E-state index contributed by atoms with van der Waals surface area (Å²) in [4.78, 5) is 11.7. The summed E-state index contributed by atoms with van der Waals surface area (Å²) in [5.41, 5.74) is 6.69. The number of benzene rings is 1. The lowest BCUT2D eigenvalue weighted by Gasteiger charge is -2.23. The molecule has 130 valence electrons. The molecule has 1 unspecified atom stereocenters. The third-order valence-corrected chi connectivity index (χ3v) is 3.93. The molecule has 1 amide bonds. The van der Waals surface area contributed by atoms with E-state index in [2.05, 4.69) is 5.32 Å². The van der Waals surface area contributed by atoms with Crippen LogP contribution in [-0.2, 0) is 16.1 Å². The van der Waals surface area contributed by atoms with Crippen molar-refractivity contribution in [2.45, 2.75) is 50.8 Å². The molecular formula is C17H27ClN2O3. The first-order chi connectivity index (χ1) is 10.7. The number of amides is 1. The quantitative estimate of drug-likeness (QED) is 0.798. The molecule has 6 heteroatoms. The molecule has 3 N–H and O–H groups in total. The lowest BCUT2D eigenvalue weighted by Crippen LogP contribution is -2.43. The van der Waals surface area contributed by atoms with E-state index in [9.17, 15) is 4.79 Å². The number of ether oxygens (including phenoxy) is 2. The predicted molar refractivity (Wildman–Crippen MR) is 92.9 cm³/mol. The van der Waals surface area contributed by atoms with Gasteiger partial charge < -0.3 is 20.5 Å². The molecule has 0 bridgehead atoms. The number of methoxy groups -OCH3 is 1. The molecular weight excluding hydrogens is 316 g/mol. The minimum atomic E-state index is -0.626. The molecule has 0 aliphatic heterocycles. The summed E-state index contributed by atoms with van der Waals surface area (Å²) in [6, 6.07) is 7.25. The summed E-state index contributed by atoms with van der Waals surface area (Å²) in [5, 5.41) is 2.80. The largest absolute Gasteiger partial charge is 0.490 e. The molecule has 0 heterocycles. The maximum absolute atomic E-state index is 11.7. The first-order valence-corrected chi connectivity index (χ1v) is 7.97. The number of carbonyl (C=O) groups is 1. The maximum Gasteiger partial charge on any atom is 0.239 e. The van der Waals surface area contributed by atoms with E-state index in [0.717, 1.165) is 24.2 Å². The zero-order valence-corrected chi connectivity index (χ0v) is 14.4. The standard InChI is InChI=1S/C17H26N2O3.ClH/c1-21-12-16(18)17(20)19-11-13-7-9-15(10-8-13)22-14-5-3-2-4-6-14;/h7-10,14,16H,2-6,11-12,18H2,1H3,(H,19,20);1H. The van der Waals surface area contributed by atoms with Crippen LogP contribution in [0.1, 0.15) is 37.7 Å². The predicted octanol–water partition coefficient (Wildman–Crippen LogP) is 2.41. The van der Waals surface area contributed by atoms with Gasteiger partial charge in [0.15, 0.2) is 0 Å². The fourth-order valence-corrected chi connectivity index (χ4v) is 2.64. The van der Waals surface area contributed by atoms with Gasteiger partial charge in [0.2, 0.25) is 5.91 Å². The van der Waals surface area contributed by atoms with Crippen molar-refractivity contribution in [3.8, 4) is 5.75 Å². The SMILES string of the molecule is COCC(N)C(=O)NCc1ccc(OC2CCCCC2)cc1.Cl. The second kappa shape index (κ2) is 10.5. The van der Waals surface area contributed by atoms with Crippen LogP contribution in [0.3, 0.4) is 0 Å². The fourth-order valence-electron chi connectivity index (χ4n) is 2.64. The van der Waals surface area contributed by atoms with Gasteiger partial charge in [-0.1, -0.05) is 18.6 Å². The van der Waals surface area contributed by atoms with Crippen LogP contribution in [0.5, 0.6) is 5.75 Å². The van der Waals surface area contributed by atoms with E-state index in [0.29, 0.717) is 12.6 Å². The van der Waals surface area contributed by atoms with Crippen molar-refractivity contribution in [3.63, 3.8) is 0 Å². The van der Waals surface area contributed by atoms with E-state index < -0.39 is 6.04 Å². The molecule has 0 radical (unpaired) electrons. The third-order valence-electron chi connectivity index (χ3n) is 3.93. The summed E-state index contributed by atoms with van der Waals surface area (Å²) in [6.45, 7) is 0.681. The Hall–Kier alpha value is -1.30. The molecule has 23 heavy (non-hydrogen) atoms. The zero-order chi connectivity index (χ0) is 15.8. The number of hydrogen-bond donors (Lipinski definition) is 2. The molecule has 1 aliphatic carbocycles. The van der Waals surface area contributed by atoms with Crippen LogP contribution in [0.4, 0.5) is 0 Å². The van der Waals surface area contributed by atoms with E-state index >= 15 is 0 Å². The monoisotopic (exact) mass is 342 g/mol. The summed E-state index contributed by atoms with van der Waals surface area (Å²) < 4.78 is 10.8. The Morgan fingerprint density at radius 2 is 1.91 bits per heavy atom. The average Bonchev–Trinajstić information content (AvgIpc) is 2.55. The van der Waals surface area contributed by atoms with Crippen LogP contribution < -0.4 is 15.8 Å². The molecule has 2 rings (SSSR count). The number of hydrogen-bond acceptors (Lipinski definition) is 4. The van der Waals surface area contributed by atoms with Gasteiger partial charge in [-0.2, -0.15) is 0 Å². The molecule has 1 aromatic carbocycles. The average molecular weight is 343 g/mol. The van der Waals surface area contributed by atoms with E-state index in [1.165, 1.54) is 26.4 Å². The molecule has 5 nitrogen and oxygen atoms in total. The molecule has 0 spiro atoms. The minimum absolute atomic E-state index is 0. The molecule has 0 saturated heterocycles. The van der Waals surface area contributed by atoms with E-state index in [1.807, 2.05) is 24.3 Å². The van der Waals surface area contributed by atoms with Crippen LogP contribution >= 0.6 is 12.4 Å². The Balaban J connectivity index is 0.00000264. The lowest BCUT2D eigenvalue weighted by molar-refractivity contribution is -0.123. The topological polar surface area (TPSA) is 73.6 Å². The van der Waals surface area contributed by atoms with E-state index in [4.69, 9.17) is 15.2 Å². The van der Waals surface area contributed by atoms with Crippen molar-refractivity contribution in [1.82, 2.24) is 5.32 Å². The molecule has 1 aliphatic rings. The van der Waals surface area contributed by atoms with Gasteiger partial charge in [0, 0.05) is 13.7 Å². The Labute approximate surface area is 144 Å². The maximum atomic E-state index is 11.7. The van der Waals surface area contributed by atoms with Crippen molar-refractivity contribution in [2.75, 3.05) is 13.7 Å². The normalized spacial score (nSPS) is 16.3. The smallest absolute Gasteiger partial charge is 0.239 e. The molecule has 0 aromatic heterocycles. The zero-order valence-electron chi connectivity index (χ0n) is 13.6. The highest BCUT2D eigenvalue weighted by molar-refractivity contribution is 5.85. The summed E-state index contributed by atoms with van der Waals surface area (Å²) in [5.74, 6) is 0.697. The molecule has 1 aromatic rings. The van der Waals surface area contributed by atoms with Gasteiger partial charge in [-0.3, -0.25) is 4.79 Å². The van der Waals surface area contributed by atoms with Gasteiger partial charge in [-0.15, -0.1) is 12.4 Å². The highest BCUT2D eigenvalue weighted by Gasteiger charge is 2.15. The van der Waals surface area contributed by atoms with Gasteiger partial charge in [0.25, 0.3) is 0 Å². The first kappa shape index (κ1) is 19.7. The second-order valence-electron chi connectivity index (χ2n) is 5.80. The summed E-state index contributed by atoms with van der Waals surface area (Å²) >= 11 is 0. The van der Waals surface area contributed by atoms with Crippen LogP contribution in [0.2, 0.25) is 0 Å². The first-order valence-electron chi connectivity index (χ1n) is 7.97. The number of rotatable bonds is 7. The van der Waals surface area contributed by atoms with Gasteiger partial charge in [0.05, 0.1) is 12.7 Å². The lowest BCUT2D eigenvalue weighted by atomic mass is 9.98. The number of nitrogens with one attached hydrogen (secondary N) is 1. The van der Waals surface area contributed by atoms with Crippen LogP contribution in [0.25, 0.3) is 0 Å². The Kier molecular flexibility index (Phi) is 8.99. The second-order valence-corrected chi connectivity index (χ2v) is 5.80. The number of halogens is 1. The van der Waals surface area contributed by atoms with E-state index in [1.54, 1.807) is 0 Å². The van der Waals surface area contributed by atoms with Crippen LogP contribution in [-0.4, -0.2) is 31.8 Å². The molecule has 1 fully saturated rings. The Morgan fingerprint density at radius 1 is 1.26 bits per heavy atom. The highest BCUT2D eigenvalue weighted by Crippen LogP contribution is 2.23. The Morgan fingerprint density at radius 3 is 2.52 bits per heavy atom. The molecule has 1 saturated carbocycles. The molecule has 1 atom stereocenters. The fraction of sp³-hybridized carbons (Fsp3) is 0.588. The Bertz CT molecular complexity index is 461. The third kappa shape index (κ3) is 6.77. The summed E-state index contributed by atoms with van der Waals surface area (Å²) in [7, 11) is 1.53. The van der Waals surface area contributed by atoms with Crippen LogP contribution in [0.15, 0.2) is 24.3 Å². The number of nitrogens with two attached hydrogens (primary N) is 1. The van der Waals surface area contributed by atoms with Crippen molar-refractivity contribution < 1.29 is 14.3 Å². The number of carbonyl (C=O) groups excluding carboxylic acids is 1. The highest BCUT2D eigenvalue weighted by atomic mass is 35.5. The van der Waals surface area contributed by atoms with Gasteiger partial charge in [-0.25, -0.2) is 0 Å². The van der Waals surface area contributed by atoms with Crippen molar-refractivity contribution >= 4 is 18.3 Å². The summed E-state index contributed by atoms with van der Waals surface area (Å²) in [6.07, 6.45) is 6.49. The minimum Gasteiger partial charge on any atom is -0.490 e. The van der Waals surface area contributed by atoms with Crippen molar-refractivity contribution in [1.29, 1.82) is 0 Å². The van der Waals surface area contributed by atoms with Crippen molar-refractivity contribution in [3.05, 3.63) is 29.8 Å². The van der Waals surface area contributed by atoms with Gasteiger partial charge in [0.1, 0.15) is 11.8 Å². The van der Waals surface area contributed by atoms with Gasteiger partial charge >= 0.3 is 0 Å². The van der Waals surface area contributed by atoms with Crippen LogP contribution in [0, 0.1) is 0 Å². The van der Waals surface area contributed by atoms with Gasteiger partial charge in [-0.05, 0) is 43.4 Å². The van der Waals surface area contributed by atoms with Crippen molar-refractivity contribution in [2.24, 2.45) is 5.73 Å². The van der Waals surface area contributed by atoms with E-state index in [-0.39, 0.29) is 24.9 Å².